The number of piperazine rings is 1. The number of rotatable bonds is 9. The lowest BCUT2D eigenvalue weighted by Gasteiger charge is -2.35. The summed E-state index contributed by atoms with van der Waals surface area (Å²) in [6.45, 7) is 2.59. The Labute approximate surface area is 209 Å². The predicted octanol–water partition coefficient (Wildman–Crippen LogP) is 2.13. The van der Waals surface area contributed by atoms with Crippen molar-refractivity contribution >= 4 is 22.6 Å². The lowest BCUT2D eigenvalue weighted by molar-refractivity contribution is -0.368. The van der Waals surface area contributed by atoms with Gasteiger partial charge < -0.3 is 15.5 Å². The van der Waals surface area contributed by atoms with Gasteiger partial charge in [0.05, 0.1) is 23.2 Å². The molecule has 8 nitrogen and oxygen atoms in total. The minimum Gasteiger partial charge on any atom is -0.358 e. The average Bonchev–Trinajstić information content (AvgIpc) is 2.91. The molecule has 0 unspecified atom stereocenters. The number of H-pyrrole nitrogens is 1. The maximum absolute atomic E-state index is 14.7. The number of amides is 2. The number of fused-ring (bicyclic) bond motifs is 1. The molecule has 3 aromatic rings. The summed E-state index contributed by atoms with van der Waals surface area (Å²) in [5.41, 5.74) is 4.94. The van der Waals surface area contributed by atoms with Gasteiger partial charge in [-0.1, -0.05) is 30.7 Å². The first-order chi connectivity index (χ1) is 17.5. The molecule has 0 aliphatic carbocycles. The Bertz CT molecular complexity index is 1280. The normalized spacial score (nSPS) is 13.8. The van der Waals surface area contributed by atoms with Crippen molar-refractivity contribution in [2.45, 2.75) is 38.5 Å². The van der Waals surface area contributed by atoms with Crippen molar-refractivity contribution in [2.24, 2.45) is 0 Å². The number of carbonyl (C=O) groups excluding carboxylic acids is 2. The Kier molecular flexibility index (Phi) is 8.43. The van der Waals surface area contributed by atoms with E-state index in [4.69, 9.17) is 0 Å². The van der Waals surface area contributed by atoms with Crippen LogP contribution in [0.15, 0.2) is 47.3 Å². The minimum atomic E-state index is -0.580. The van der Waals surface area contributed by atoms with Crippen molar-refractivity contribution in [1.29, 1.82) is 0 Å². The van der Waals surface area contributed by atoms with E-state index in [0.717, 1.165) is 43.2 Å². The van der Waals surface area contributed by atoms with Crippen molar-refractivity contribution in [3.8, 4) is 0 Å². The molecule has 1 aromatic heterocycles. The molecule has 0 radical (unpaired) electrons. The second-order valence-electron chi connectivity index (χ2n) is 9.23. The van der Waals surface area contributed by atoms with Crippen molar-refractivity contribution in [2.75, 3.05) is 32.7 Å². The second kappa shape index (κ2) is 11.9. The largest absolute Gasteiger partial charge is 0.358 e. The first kappa shape index (κ1) is 25.5. The van der Waals surface area contributed by atoms with E-state index in [9.17, 15) is 18.8 Å². The van der Waals surface area contributed by atoms with Gasteiger partial charge >= 0.3 is 0 Å². The van der Waals surface area contributed by atoms with Gasteiger partial charge in [-0.3, -0.25) is 14.4 Å². The Morgan fingerprint density at radius 3 is 2.39 bits per heavy atom. The molecule has 4 rings (SSSR count). The van der Waals surface area contributed by atoms with Gasteiger partial charge in [0.15, 0.2) is 0 Å². The van der Waals surface area contributed by atoms with Gasteiger partial charge in [-0.2, -0.15) is 5.10 Å². The molecule has 2 amide bonds. The number of unbranched alkanes of at least 4 members (excludes halogenated alkanes) is 3. The topological polar surface area (TPSA) is 114 Å². The molecule has 190 valence electrons. The van der Waals surface area contributed by atoms with Crippen LogP contribution in [-0.4, -0.2) is 64.5 Å². The van der Waals surface area contributed by atoms with Gasteiger partial charge in [-0.15, -0.1) is 0 Å². The van der Waals surface area contributed by atoms with Crippen molar-refractivity contribution in [1.82, 2.24) is 20.0 Å². The maximum Gasteiger partial charge on any atom is 0.272 e. The Morgan fingerprint density at radius 2 is 1.64 bits per heavy atom. The predicted molar refractivity (Wildman–Crippen MR) is 135 cm³/mol. The number of hydrogen-bond acceptors (Lipinski definition) is 4. The first-order valence-corrected chi connectivity index (χ1v) is 12.6. The minimum absolute atomic E-state index is 0.00595. The monoisotopic (exact) mass is 494 g/mol. The number of aromatic nitrogens is 2. The molecule has 1 aliphatic rings. The molecule has 0 saturated carbocycles. The van der Waals surface area contributed by atoms with Gasteiger partial charge in [-0.05, 0) is 43.0 Å². The standard InChI is InChI=1S/C27H32FN5O3/c28-23-11-10-19(18-24-20-7-4-5-8-21(20)26(35)31-30-24)17-22(23)27(36)33-15-13-32(14-16-33)25(34)9-3-1-2-6-12-29/h4-5,7-8,10-11,17H,1-3,6,9,12-16,18,29H2,(H,31,35)/p+1. The van der Waals surface area contributed by atoms with Crippen molar-refractivity contribution in [3.05, 3.63) is 75.5 Å². The summed E-state index contributed by atoms with van der Waals surface area (Å²) in [5.74, 6) is -0.844. The first-order valence-electron chi connectivity index (χ1n) is 12.6. The second-order valence-corrected chi connectivity index (χ2v) is 9.23. The lowest BCUT2D eigenvalue weighted by atomic mass is 10.0. The van der Waals surface area contributed by atoms with E-state index in [1.807, 2.05) is 12.1 Å². The van der Waals surface area contributed by atoms with Crippen molar-refractivity contribution < 1.29 is 19.7 Å². The Hall–Kier alpha value is -3.59. The molecule has 0 bridgehead atoms. The molecule has 0 atom stereocenters. The van der Waals surface area contributed by atoms with Crippen LogP contribution in [0.3, 0.4) is 0 Å². The summed E-state index contributed by atoms with van der Waals surface area (Å²) < 4.78 is 14.7. The van der Waals surface area contributed by atoms with Crippen LogP contribution in [-0.2, 0) is 11.2 Å². The summed E-state index contributed by atoms with van der Waals surface area (Å²) in [4.78, 5) is 41.1. The van der Waals surface area contributed by atoms with Crippen LogP contribution in [0, 0.1) is 5.82 Å². The van der Waals surface area contributed by atoms with Crippen molar-refractivity contribution in [3.63, 3.8) is 0 Å². The average molecular weight is 495 g/mol. The third kappa shape index (κ3) is 5.96. The van der Waals surface area contributed by atoms with Crippen LogP contribution in [0.25, 0.3) is 10.8 Å². The summed E-state index contributed by atoms with van der Waals surface area (Å²) in [6.07, 6.45) is 4.95. The number of aromatic amines is 1. The highest BCUT2D eigenvalue weighted by Crippen LogP contribution is 2.20. The molecule has 9 heteroatoms. The van der Waals surface area contributed by atoms with E-state index in [2.05, 4.69) is 15.9 Å². The third-order valence-electron chi connectivity index (χ3n) is 6.72. The highest BCUT2D eigenvalue weighted by Gasteiger charge is 2.26. The van der Waals surface area contributed by atoms with Gasteiger partial charge in [-0.25, -0.2) is 9.49 Å². The van der Waals surface area contributed by atoms with E-state index in [0.29, 0.717) is 50.1 Å². The van der Waals surface area contributed by atoms with Crippen LogP contribution < -0.4 is 11.3 Å². The van der Waals surface area contributed by atoms with Gasteiger partial charge in [0, 0.05) is 44.4 Å². The SMILES string of the molecule is [NH3+]CCCCCCC(=O)N1CCN(C(=O)c2cc(Cc3n[nH]c(=O)c4ccccc34)ccc2F)CC1. The number of carbonyl (C=O) groups is 2. The number of hydrogen-bond donors (Lipinski definition) is 2. The smallest absolute Gasteiger partial charge is 0.272 e. The quantitative estimate of drug-likeness (QED) is 0.444. The van der Waals surface area contributed by atoms with Crippen LogP contribution >= 0.6 is 0 Å². The molecule has 36 heavy (non-hydrogen) atoms. The van der Waals surface area contributed by atoms with Gasteiger partial charge in [0.1, 0.15) is 5.82 Å². The number of quaternary nitrogens is 1. The summed E-state index contributed by atoms with van der Waals surface area (Å²) >= 11 is 0. The zero-order valence-corrected chi connectivity index (χ0v) is 20.5. The molecular weight excluding hydrogens is 461 g/mol. The summed E-state index contributed by atoms with van der Waals surface area (Å²) in [5, 5.41) is 7.95. The lowest BCUT2D eigenvalue weighted by Crippen LogP contribution is -2.50. The van der Waals surface area contributed by atoms with Gasteiger partial charge in [0.25, 0.3) is 11.5 Å². The van der Waals surface area contributed by atoms with Crippen LogP contribution in [0.1, 0.15) is 53.7 Å². The van der Waals surface area contributed by atoms with Crippen LogP contribution in [0.2, 0.25) is 0 Å². The highest BCUT2D eigenvalue weighted by molar-refractivity contribution is 5.95. The summed E-state index contributed by atoms with van der Waals surface area (Å²) in [7, 11) is 0. The van der Waals surface area contributed by atoms with Crippen LogP contribution in [0.5, 0.6) is 0 Å². The zero-order valence-electron chi connectivity index (χ0n) is 20.5. The molecular formula is C27H33FN5O3+. The fraction of sp³-hybridized carbons (Fsp3) is 0.407. The fourth-order valence-electron chi connectivity index (χ4n) is 4.64. The van der Waals surface area contributed by atoms with E-state index in [1.54, 1.807) is 34.1 Å². The number of benzene rings is 2. The van der Waals surface area contributed by atoms with Gasteiger partial charge in [0.2, 0.25) is 5.91 Å². The number of halogens is 1. The molecule has 2 heterocycles. The highest BCUT2D eigenvalue weighted by atomic mass is 19.1. The Morgan fingerprint density at radius 1 is 0.944 bits per heavy atom. The molecule has 0 spiro atoms. The van der Waals surface area contributed by atoms with E-state index in [1.165, 1.54) is 6.07 Å². The van der Waals surface area contributed by atoms with E-state index in [-0.39, 0.29) is 22.9 Å². The zero-order chi connectivity index (χ0) is 25.5. The third-order valence-corrected chi connectivity index (χ3v) is 6.72. The number of nitrogens with zero attached hydrogens (tertiary/aromatic N) is 3. The summed E-state index contributed by atoms with van der Waals surface area (Å²) in [6, 6.07) is 11.7. The Balaban J connectivity index is 1.39. The molecule has 4 N–H and O–H groups in total. The molecule has 1 aliphatic heterocycles. The van der Waals surface area contributed by atoms with Crippen LogP contribution in [0.4, 0.5) is 4.39 Å². The van der Waals surface area contributed by atoms with E-state index >= 15 is 0 Å². The fourth-order valence-corrected chi connectivity index (χ4v) is 4.64. The molecule has 1 saturated heterocycles. The molecule has 2 aromatic carbocycles. The molecule has 1 fully saturated rings. The number of nitrogens with one attached hydrogen (secondary N) is 1. The van der Waals surface area contributed by atoms with E-state index < -0.39 is 5.82 Å². The maximum atomic E-state index is 14.7.